The molecule has 1 aromatic rings. The summed E-state index contributed by atoms with van der Waals surface area (Å²) in [6, 6.07) is 10.1. The monoisotopic (exact) mass is 146 g/mol. The van der Waals surface area contributed by atoms with E-state index in [9.17, 15) is 0 Å². The lowest BCUT2D eigenvalue weighted by Gasteiger charge is -2.06. The van der Waals surface area contributed by atoms with Gasteiger partial charge in [-0.2, -0.15) is 0 Å². The fourth-order valence-electron chi connectivity index (χ4n) is 1.10. The highest BCUT2D eigenvalue weighted by Gasteiger charge is 2.15. The molecular weight excluding hydrogens is 138 g/mol. The Bertz CT molecular complexity index is 248. The minimum atomic E-state index is 0.0937. The summed E-state index contributed by atoms with van der Waals surface area (Å²) < 4.78 is 0. The molecule has 2 heteroatoms. The lowest BCUT2D eigenvalue weighted by molar-refractivity contribution is 0.0858. The third kappa shape index (κ3) is 1.24. The Balaban J connectivity index is 2.17. The van der Waals surface area contributed by atoms with Gasteiger partial charge in [-0.25, -0.2) is 0 Å². The van der Waals surface area contributed by atoms with Crippen LogP contribution in [-0.4, -0.2) is 6.21 Å². The van der Waals surface area contributed by atoms with Gasteiger partial charge in [0.25, 0.3) is 0 Å². The summed E-state index contributed by atoms with van der Waals surface area (Å²) in [5.41, 5.74) is 1.17. The van der Waals surface area contributed by atoms with Crippen molar-refractivity contribution in [2.75, 3.05) is 0 Å². The van der Waals surface area contributed by atoms with Gasteiger partial charge in [0.15, 0.2) is 6.10 Å². The zero-order chi connectivity index (χ0) is 7.52. The van der Waals surface area contributed by atoms with Crippen LogP contribution in [0.1, 0.15) is 18.1 Å². The van der Waals surface area contributed by atoms with Gasteiger partial charge in [-0.05, 0) is 5.56 Å². The van der Waals surface area contributed by atoms with Gasteiger partial charge < -0.3 is 4.84 Å². The Morgan fingerprint density at radius 2 is 2.18 bits per heavy atom. The van der Waals surface area contributed by atoms with Crippen LogP contribution in [0.2, 0.25) is 0 Å². The summed E-state index contributed by atoms with van der Waals surface area (Å²) in [7, 11) is 0. The van der Waals surface area contributed by atoms with Crippen molar-refractivity contribution in [1.29, 1.82) is 0 Å². The number of hydrogen-bond acceptors (Lipinski definition) is 2. The van der Waals surface area contributed by atoms with Gasteiger partial charge in [0, 0.05) is 6.42 Å². The van der Waals surface area contributed by atoms with Crippen LogP contribution in [0.15, 0.2) is 35.5 Å². The van der Waals surface area contributed by atoms with E-state index in [1.165, 1.54) is 5.56 Å². The Kier molecular flexibility index (Phi) is 1.60. The molecule has 11 heavy (non-hydrogen) atoms. The van der Waals surface area contributed by atoms with E-state index in [-0.39, 0.29) is 6.10 Å². The maximum Gasteiger partial charge on any atom is 0.158 e. The summed E-state index contributed by atoms with van der Waals surface area (Å²) >= 11 is 0. The van der Waals surface area contributed by atoms with Crippen LogP contribution in [0, 0.1) is 0 Å². The quantitative estimate of drug-likeness (QED) is 0.593. The van der Waals surface area contributed by atoms with Crippen LogP contribution in [0.3, 0.4) is 0 Å². The van der Waals surface area contributed by atoms with Gasteiger partial charge in [-0.1, -0.05) is 35.5 Å². The Morgan fingerprint density at radius 3 is 2.82 bits per heavy atom. The van der Waals surface area contributed by atoms with E-state index >= 15 is 0 Å². The van der Waals surface area contributed by atoms with E-state index in [0.717, 1.165) is 6.42 Å². The fraction of sp³-hybridized carbons (Fsp3) is 0.222. The average molecular weight is 146 g/mol. The summed E-state index contributed by atoms with van der Waals surface area (Å²) in [4.78, 5) is 5.05. The molecular formula is C9H8NO. The second kappa shape index (κ2) is 2.74. The largest absolute Gasteiger partial charge is 0.387 e. The number of benzene rings is 1. The molecule has 1 aromatic carbocycles. The van der Waals surface area contributed by atoms with E-state index in [4.69, 9.17) is 4.84 Å². The molecule has 0 unspecified atom stereocenters. The molecule has 0 amide bonds. The molecule has 1 aliphatic rings. The zero-order valence-electron chi connectivity index (χ0n) is 6.03. The number of hydrogen-bond donors (Lipinski definition) is 0. The topological polar surface area (TPSA) is 21.6 Å². The normalized spacial score (nSPS) is 21.6. The first-order valence-corrected chi connectivity index (χ1v) is 3.60. The maximum absolute atomic E-state index is 5.05. The van der Waals surface area contributed by atoms with Gasteiger partial charge in [0.1, 0.15) is 6.21 Å². The standard InChI is InChI=1S/C9H8NO/c1-2-4-8(5-3-1)9-6-7-10-11-9/h1-5,9H,6H2/t9-/m1/s1. The van der Waals surface area contributed by atoms with Crippen LogP contribution in [-0.2, 0) is 4.84 Å². The van der Waals surface area contributed by atoms with Gasteiger partial charge in [-0.3, -0.25) is 0 Å². The van der Waals surface area contributed by atoms with E-state index < -0.39 is 0 Å². The predicted octanol–water partition coefficient (Wildman–Crippen LogP) is 2.01. The lowest BCUT2D eigenvalue weighted by Crippen LogP contribution is -1.94. The van der Waals surface area contributed by atoms with Gasteiger partial charge in [0.2, 0.25) is 0 Å². The number of rotatable bonds is 1. The molecule has 0 saturated carbocycles. The second-order valence-electron chi connectivity index (χ2n) is 2.46. The van der Waals surface area contributed by atoms with E-state index in [1.807, 2.05) is 30.3 Å². The van der Waals surface area contributed by atoms with Crippen molar-refractivity contribution in [3.63, 3.8) is 0 Å². The first-order chi connectivity index (χ1) is 5.47. The molecule has 0 bridgehead atoms. The molecule has 0 aliphatic carbocycles. The lowest BCUT2D eigenvalue weighted by atomic mass is 10.1. The third-order valence-electron chi connectivity index (χ3n) is 1.69. The molecule has 2 rings (SSSR count). The Labute approximate surface area is 65.5 Å². The van der Waals surface area contributed by atoms with Crippen LogP contribution in [0.4, 0.5) is 0 Å². The first kappa shape index (κ1) is 6.40. The van der Waals surface area contributed by atoms with Gasteiger partial charge >= 0.3 is 0 Å². The third-order valence-corrected chi connectivity index (χ3v) is 1.69. The highest BCUT2D eigenvalue weighted by molar-refractivity contribution is 5.59. The van der Waals surface area contributed by atoms with Crippen molar-refractivity contribution >= 4 is 6.21 Å². The molecule has 1 atom stereocenters. The van der Waals surface area contributed by atoms with E-state index in [1.54, 1.807) is 0 Å². The first-order valence-electron chi connectivity index (χ1n) is 3.60. The van der Waals surface area contributed by atoms with Crippen LogP contribution >= 0.6 is 0 Å². The second-order valence-corrected chi connectivity index (χ2v) is 2.46. The summed E-state index contributed by atoms with van der Waals surface area (Å²) in [6.45, 7) is 0. The minimum absolute atomic E-state index is 0.0937. The maximum atomic E-state index is 5.05. The number of nitrogens with zero attached hydrogens (tertiary/aromatic N) is 1. The molecule has 0 aromatic heterocycles. The van der Waals surface area contributed by atoms with Crippen molar-refractivity contribution in [1.82, 2.24) is 0 Å². The van der Waals surface area contributed by atoms with Crippen molar-refractivity contribution < 1.29 is 4.84 Å². The van der Waals surface area contributed by atoms with Gasteiger partial charge in [0.05, 0.1) is 0 Å². The summed E-state index contributed by atoms with van der Waals surface area (Å²) in [6.07, 6.45) is 3.64. The molecule has 1 aliphatic heterocycles. The smallest absolute Gasteiger partial charge is 0.158 e. The predicted molar refractivity (Wildman–Crippen MR) is 42.3 cm³/mol. The van der Waals surface area contributed by atoms with Gasteiger partial charge in [-0.15, -0.1) is 0 Å². The molecule has 0 spiro atoms. The molecule has 1 radical (unpaired) electrons. The Hall–Kier alpha value is -1.31. The molecule has 0 N–H and O–H groups in total. The molecule has 1 heterocycles. The highest BCUT2D eigenvalue weighted by atomic mass is 16.6. The van der Waals surface area contributed by atoms with Crippen molar-refractivity contribution in [2.45, 2.75) is 12.5 Å². The molecule has 0 saturated heterocycles. The average Bonchev–Trinajstić information content (AvgIpc) is 2.58. The van der Waals surface area contributed by atoms with Crippen molar-refractivity contribution in [3.05, 3.63) is 35.9 Å². The molecule has 0 fully saturated rings. The van der Waals surface area contributed by atoms with E-state index in [0.29, 0.717) is 0 Å². The summed E-state index contributed by atoms with van der Waals surface area (Å²) in [5.74, 6) is 0. The zero-order valence-corrected chi connectivity index (χ0v) is 6.03. The fourth-order valence-corrected chi connectivity index (χ4v) is 1.10. The Morgan fingerprint density at radius 1 is 1.36 bits per heavy atom. The van der Waals surface area contributed by atoms with Crippen LogP contribution in [0.5, 0.6) is 0 Å². The van der Waals surface area contributed by atoms with Crippen molar-refractivity contribution in [2.24, 2.45) is 5.16 Å². The van der Waals surface area contributed by atoms with E-state index in [2.05, 4.69) is 11.4 Å². The minimum Gasteiger partial charge on any atom is -0.387 e. The molecule has 55 valence electrons. The van der Waals surface area contributed by atoms with Crippen LogP contribution in [0.25, 0.3) is 0 Å². The van der Waals surface area contributed by atoms with Crippen LogP contribution < -0.4 is 0 Å². The SMILES string of the molecule is [C]1=NO[C@@H](c2ccccc2)C1. The van der Waals surface area contributed by atoms with Crippen molar-refractivity contribution in [3.8, 4) is 0 Å². The summed E-state index contributed by atoms with van der Waals surface area (Å²) in [5, 5.41) is 3.59. The molecule has 2 nitrogen and oxygen atoms in total. The highest BCUT2D eigenvalue weighted by Crippen LogP contribution is 2.23.